The first-order chi connectivity index (χ1) is 12.7. The Morgan fingerprint density at radius 1 is 1.04 bits per heavy atom. The molecule has 1 aliphatic heterocycles. The van der Waals surface area contributed by atoms with Gasteiger partial charge in [0.05, 0.1) is 6.67 Å². The molecule has 0 bridgehead atoms. The number of rotatable bonds is 4. The number of H-pyrrole nitrogens is 1. The summed E-state index contributed by atoms with van der Waals surface area (Å²) < 4.78 is 2.54. The number of aryl methyl sites for hydroxylation is 1. The van der Waals surface area contributed by atoms with Crippen molar-refractivity contribution in [3.05, 3.63) is 59.0 Å². The van der Waals surface area contributed by atoms with Crippen LogP contribution in [0.5, 0.6) is 0 Å². The third-order valence-electron chi connectivity index (χ3n) is 4.69. The van der Waals surface area contributed by atoms with Crippen LogP contribution in [0.15, 0.2) is 48.7 Å². The van der Waals surface area contributed by atoms with Gasteiger partial charge in [0.1, 0.15) is 5.82 Å². The molecule has 134 valence electrons. The normalized spacial score (nSPS) is 15.3. The molecule has 1 N–H and O–H groups in total. The lowest BCUT2D eigenvalue weighted by atomic mass is 10.1. The first-order valence-electron chi connectivity index (χ1n) is 8.81. The molecule has 2 aromatic heterocycles. The SMILES string of the molecule is Cc1ccc(-c2nc(=S)n(CN3CCN(c4ccccn4)CC3)[nH]2)cc1. The molecular formula is C19H22N6S. The van der Waals surface area contributed by atoms with Gasteiger partial charge in [0.15, 0.2) is 5.82 Å². The minimum atomic E-state index is 0.590. The quantitative estimate of drug-likeness (QED) is 0.719. The Kier molecular flexibility index (Phi) is 4.81. The van der Waals surface area contributed by atoms with Crippen LogP contribution < -0.4 is 4.90 Å². The molecule has 6 nitrogen and oxygen atoms in total. The number of benzene rings is 1. The Hall–Kier alpha value is -2.51. The molecule has 0 atom stereocenters. The van der Waals surface area contributed by atoms with Gasteiger partial charge in [-0.2, -0.15) is 4.98 Å². The average molecular weight is 366 g/mol. The fourth-order valence-electron chi connectivity index (χ4n) is 3.15. The van der Waals surface area contributed by atoms with Crippen molar-refractivity contribution in [3.63, 3.8) is 0 Å². The van der Waals surface area contributed by atoms with Gasteiger partial charge in [0, 0.05) is 37.9 Å². The lowest BCUT2D eigenvalue weighted by Gasteiger charge is -2.35. The van der Waals surface area contributed by atoms with Crippen molar-refractivity contribution >= 4 is 18.0 Å². The van der Waals surface area contributed by atoms with E-state index in [9.17, 15) is 0 Å². The van der Waals surface area contributed by atoms with Gasteiger partial charge >= 0.3 is 0 Å². The Labute approximate surface area is 158 Å². The molecule has 3 aromatic rings. The number of aromatic amines is 1. The number of aromatic nitrogens is 4. The van der Waals surface area contributed by atoms with E-state index in [0.717, 1.165) is 50.1 Å². The third kappa shape index (κ3) is 3.68. The smallest absolute Gasteiger partial charge is 0.217 e. The first-order valence-corrected chi connectivity index (χ1v) is 9.22. The Balaban J connectivity index is 1.41. The van der Waals surface area contributed by atoms with Gasteiger partial charge in [-0.1, -0.05) is 35.9 Å². The van der Waals surface area contributed by atoms with Crippen LogP contribution in [0.3, 0.4) is 0 Å². The lowest BCUT2D eigenvalue weighted by Crippen LogP contribution is -2.47. The molecule has 26 heavy (non-hydrogen) atoms. The summed E-state index contributed by atoms with van der Waals surface area (Å²) in [4.78, 5) is 13.7. The summed E-state index contributed by atoms with van der Waals surface area (Å²) in [7, 11) is 0. The second-order valence-corrected chi connectivity index (χ2v) is 6.95. The van der Waals surface area contributed by atoms with Gasteiger partial charge in [-0.3, -0.25) is 10.00 Å². The van der Waals surface area contributed by atoms with Gasteiger partial charge < -0.3 is 4.90 Å². The lowest BCUT2D eigenvalue weighted by molar-refractivity contribution is 0.194. The fraction of sp³-hybridized carbons (Fsp3) is 0.316. The number of piperazine rings is 1. The van der Waals surface area contributed by atoms with Gasteiger partial charge in [0.2, 0.25) is 4.77 Å². The molecule has 1 saturated heterocycles. The second-order valence-electron chi connectivity index (χ2n) is 6.58. The largest absolute Gasteiger partial charge is 0.354 e. The van der Waals surface area contributed by atoms with Crippen LogP contribution in [-0.4, -0.2) is 50.8 Å². The van der Waals surface area contributed by atoms with Crippen molar-refractivity contribution in [2.75, 3.05) is 31.1 Å². The predicted molar refractivity (Wildman–Crippen MR) is 106 cm³/mol. The molecule has 1 aliphatic rings. The zero-order valence-electron chi connectivity index (χ0n) is 14.8. The van der Waals surface area contributed by atoms with Crippen molar-refractivity contribution in [1.29, 1.82) is 0 Å². The van der Waals surface area contributed by atoms with Gasteiger partial charge in [-0.05, 0) is 31.3 Å². The third-order valence-corrected chi connectivity index (χ3v) is 5.00. The van der Waals surface area contributed by atoms with E-state index in [2.05, 4.69) is 62.1 Å². The van der Waals surface area contributed by atoms with Gasteiger partial charge in [-0.15, -0.1) is 0 Å². The van der Waals surface area contributed by atoms with Crippen molar-refractivity contribution in [3.8, 4) is 11.4 Å². The van der Waals surface area contributed by atoms with Crippen LogP contribution in [0, 0.1) is 11.7 Å². The highest BCUT2D eigenvalue weighted by Gasteiger charge is 2.18. The molecule has 4 rings (SSSR count). The maximum atomic E-state index is 5.44. The molecule has 0 spiro atoms. The molecule has 0 saturated carbocycles. The fourth-order valence-corrected chi connectivity index (χ4v) is 3.35. The monoisotopic (exact) mass is 366 g/mol. The van der Waals surface area contributed by atoms with E-state index in [1.54, 1.807) is 0 Å². The van der Waals surface area contributed by atoms with E-state index in [4.69, 9.17) is 12.2 Å². The topological polar surface area (TPSA) is 53.0 Å². The summed E-state index contributed by atoms with van der Waals surface area (Å²) in [5.41, 5.74) is 2.29. The Bertz CT molecular complexity index is 907. The molecule has 1 fully saturated rings. The number of hydrogen-bond acceptors (Lipinski definition) is 5. The molecule has 0 aliphatic carbocycles. The highest BCUT2D eigenvalue weighted by atomic mass is 32.1. The summed E-state index contributed by atoms with van der Waals surface area (Å²) >= 11 is 5.44. The van der Waals surface area contributed by atoms with Crippen molar-refractivity contribution in [2.45, 2.75) is 13.6 Å². The molecule has 3 heterocycles. The van der Waals surface area contributed by atoms with E-state index in [1.807, 2.05) is 23.0 Å². The maximum Gasteiger partial charge on any atom is 0.217 e. The van der Waals surface area contributed by atoms with E-state index < -0.39 is 0 Å². The summed E-state index contributed by atoms with van der Waals surface area (Å²) in [6.07, 6.45) is 1.85. The maximum absolute atomic E-state index is 5.44. The summed E-state index contributed by atoms with van der Waals surface area (Å²) in [5, 5.41) is 3.34. The zero-order valence-corrected chi connectivity index (χ0v) is 15.6. The minimum Gasteiger partial charge on any atom is -0.354 e. The minimum absolute atomic E-state index is 0.590. The van der Waals surface area contributed by atoms with Crippen LogP contribution in [0.4, 0.5) is 5.82 Å². The van der Waals surface area contributed by atoms with Crippen LogP contribution in [0.25, 0.3) is 11.4 Å². The van der Waals surface area contributed by atoms with Crippen LogP contribution in [0.1, 0.15) is 5.56 Å². The van der Waals surface area contributed by atoms with E-state index in [-0.39, 0.29) is 0 Å². The Morgan fingerprint density at radius 3 is 2.50 bits per heavy atom. The number of hydrogen-bond donors (Lipinski definition) is 1. The molecular weight excluding hydrogens is 344 g/mol. The molecule has 1 aromatic carbocycles. The predicted octanol–water partition coefficient (Wildman–Crippen LogP) is 3.09. The van der Waals surface area contributed by atoms with E-state index in [1.165, 1.54) is 5.56 Å². The number of pyridine rings is 1. The highest BCUT2D eigenvalue weighted by Crippen LogP contribution is 2.16. The molecule has 0 radical (unpaired) electrons. The van der Waals surface area contributed by atoms with Crippen LogP contribution >= 0.6 is 12.2 Å². The van der Waals surface area contributed by atoms with E-state index in [0.29, 0.717) is 4.77 Å². The van der Waals surface area contributed by atoms with E-state index >= 15 is 0 Å². The summed E-state index contributed by atoms with van der Waals surface area (Å²) in [6.45, 7) is 6.67. The van der Waals surface area contributed by atoms with Gasteiger partial charge in [0.25, 0.3) is 0 Å². The summed E-state index contributed by atoms with van der Waals surface area (Å²) in [5.74, 6) is 1.87. The zero-order chi connectivity index (χ0) is 17.9. The average Bonchev–Trinajstić information content (AvgIpc) is 3.04. The number of anilines is 1. The number of nitrogens with zero attached hydrogens (tertiary/aromatic N) is 5. The highest BCUT2D eigenvalue weighted by molar-refractivity contribution is 7.71. The van der Waals surface area contributed by atoms with Gasteiger partial charge in [-0.25, -0.2) is 9.67 Å². The van der Waals surface area contributed by atoms with Crippen molar-refractivity contribution in [2.24, 2.45) is 0 Å². The van der Waals surface area contributed by atoms with Crippen LogP contribution in [-0.2, 0) is 6.67 Å². The van der Waals surface area contributed by atoms with Crippen LogP contribution in [0.2, 0.25) is 0 Å². The van der Waals surface area contributed by atoms with Crippen molar-refractivity contribution in [1.82, 2.24) is 24.6 Å². The summed E-state index contributed by atoms with van der Waals surface area (Å²) in [6, 6.07) is 14.4. The first kappa shape index (κ1) is 16.9. The van der Waals surface area contributed by atoms with Crippen molar-refractivity contribution < 1.29 is 0 Å². The molecule has 7 heteroatoms. The Morgan fingerprint density at radius 2 is 1.81 bits per heavy atom. The second kappa shape index (κ2) is 7.39. The number of nitrogens with one attached hydrogen (secondary N) is 1. The standard InChI is InChI=1S/C19H22N6S/c1-15-5-7-16(8-6-15)18-21-19(26)25(22-18)14-23-10-12-24(13-11-23)17-4-2-3-9-20-17/h2-9H,10-14H2,1H3,(H,21,22,26). The molecule has 0 amide bonds. The molecule has 0 unspecified atom stereocenters.